The number of nitrogens with one attached hydrogen (secondary N) is 1. The van der Waals surface area contributed by atoms with Crippen LogP contribution in [0.2, 0.25) is 0 Å². The number of ether oxygens (including phenoxy) is 2. The molecular weight excluding hydrogens is 386 g/mol. The third kappa shape index (κ3) is 11.3. The molecule has 29 heavy (non-hydrogen) atoms. The highest BCUT2D eigenvalue weighted by atomic mass is 16.7. The van der Waals surface area contributed by atoms with E-state index < -0.39 is 23.7 Å². The number of amides is 4. The van der Waals surface area contributed by atoms with Crippen LogP contribution in [0.4, 0.5) is 0 Å². The number of carbonyl (C=O) groups is 5. The van der Waals surface area contributed by atoms with Crippen molar-refractivity contribution in [1.29, 1.82) is 0 Å². The molecule has 0 aromatic heterocycles. The lowest BCUT2D eigenvalue weighted by atomic mass is 10.1. The Morgan fingerprint density at radius 2 is 1.48 bits per heavy atom. The summed E-state index contributed by atoms with van der Waals surface area (Å²) in [6.07, 6.45) is 2.81. The zero-order valence-electron chi connectivity index (χ0n) is 16.5. The molecule has 0 radical (unpaired) electrons. The summed E-state index contributed by atoms with van der Waals surface area (Å²) in [5, 5.41) is 2.76. The first-order valence-corrected chi connectivity index (χ1v) is 9.69. The summed E-state index contributed by atoms with van der Waals surface area (Å²) in [6, 6.07) is 0. The van der Waals surface area contributed by atoms with Gasteiger partial charge in [0, 0.05) is 32.2 Å². The van der Waals surface area contributed by atoms with Crippen LogP contribution in [0.15, 0.2) is 0 Å². The lowest BCUT2D eigenvalue weighted by Gasteiger charge is -2.12. The molecule has 11 heteroatoms. The van der Waals surface area contributed by atoms with E-state index in [2.05, 4.69) is 5.32 Å². The van der Waals surface area contributed by atoms with Crippen molar-refractivity contribution in [2.45, 2.75) is 51.4 Å². The van der Waals surface area contributed by atoms with Gasteiger partial charge in [-0.2, -0.15) is 0 Å². The van der Waals surface area contributed by atoms with E-state index in [9.17, 15) is 24.0 Å². The zero-order chi connectivity index (χ0) is 21.5. The lowest BCUT2D eigenvalue weighted by Crippen LogP contribution is -2.33. The van der Waals surface area contributed by atoms with Crippen molar-refractivity contribution in [2.24, 2.45) is 5.73 Å². The molecule has 0 saturated carbocycles. The average Bonchev–Trinajstić information content (AvgIpc) is 2.99. The van der Waals surface area contributed by atoms with Crippen LogP contribution < -0.4 is 11.1 Å². The van der Waals surface area contributed by atoms with Gasteiger partial charge >= 0.3 is 5.97 Å². The first-order chi connectivity index (χ1) is 13.9. The Morgan fingerprint density at radius 1 is 0.862 bits per heavy atom. The summed E-state index contributed by atoms with van der Waals surface area (Å²) >= 11 is 0. The van der Waals surface area contributed by atoms with Crippen molar-refractivity contribution in [3.05, 3.63) is 0 Å². The Morgan fingerprint density at radius 3 is 2.14 bits per heavy atom. The van der Waals surface area contributed by atoms with E-state index in [1.807, 2.05) is 0 Å². The highest BCUT2D eigenvalue weighted by Gasteiger charge is 2.32. The summed E-state index contributed by atoms with van der Waals surface area (Å²) in [7, 11) is 0. The lowest BCUT2D eigenvalue weighted by molar-refractivity contribution is -0.197. The minimum atomic E-state index is -0.634. The van der Waals surface area contributed by atoms with E-state index >= 15 is 0 Å². The van der Waals surface area contributed by atoms with E-state index in [1.54, 1.807) is 0 Å². The molecule has 11 nitrogen and oxygen atoms in total. The number of unbranched alkanes of at least 4 members (excludes halogenated alkanes) is 3. The van der Waals surface area contributed by atoms with Gasteiger partial charge in [-0.25, -0.2) is 4.79 Å². The van der Waals surface area contributed by atoms with Gasteiger partial charge in [0.05, 0.1) is 19.8 Å². The van der Waals surface area contributed by atoms with Gasteiger partial charge in [-0.15, -0.1) is 5.06 Å². The van der Waals surface area contributed by atoms with Crippen LogP contribution in [-0.2, 0) is 38.3 Å². The van der Waals surface area contributed by atoms with Crippen LogP contribution in [0.3, 0.4) is 0 Å². The zero-order valence-corrected chi connectivity index (χ0v) is 16.5. The minimum Gasteiger partial charge on any atom is -0.378 e. The van der Waals surface area contributed by atoms with Gasteiger partial charge in [0.2, 0.25) is 5.91 Å². The van der Waals surface area contributed by atoms with Crippen LogP contribution >= 0.6 is 0 Å². The van der Waals surface area contributed by atoms with Gasteiger partial charge in [-0.3, -0.25) is 24.5 Å². The molecule has 0 bridgehead atoms. The van der Waals surface area contributed by atoms with Crippen molar-refractivity contribution in [2.75, 3.05) is 33.0 Å². The highest BCUT2D eigenvalue weighted by Crippen LogP contribution is 2.13. The molecule has 1 heterocycles. The quantitative estimate of drug-likeness (QED) is 0.268. The Bertz CT molecular complexity index is 565. The standard InChI is InChI=1S/C18H29N3O8/c19-9-10-27-11-12-28-13-15(23)20-14(22)5-3-1-2-4-6-18(26)29-21-16(24)7-8-17(21)25/h1-13,19H2,(H,20,22,23). The van der Waals surface area contributed by atoms with E-state index in [0.29, 0.717) is 50.5 Å². The Labute approximate surface area is 169 Å². The van der Waals surface area contributed by atoms with Crippen LogP contribution in [0.1, 0.15) is 51.4 Å². The summed E-state index contributed by atoms with van der Waals surface area (Å²) in [5.74, 6) is -2.54. The van der Waals surface area contributed by atoms with Crippen LogP contribution in [0.5, 0.6) is 0 Å². The fourth-order valence-electron chi connectivity index (χ4n) is 2.44. The molecule has 0 atom stereocenters. The molecular formula is C18H29N3O8. The smallest absolute Gasteiger partial charge is 0.333 e. The minimum absolute atomic E-state index is 0.0615. The number of hydrogen-bond donors (Lipinski definition) is 2. The third-order valence-corrected chi connectivity index (χ3v) is 3.88. The second-order valence-electron chi connectivity index (χ2n) is 6.38. The number of hydrogen-bond acceptors (Lipinski definition) is 9. The van der Waals surface area contributed by atoms with Gasteiger partial charge in [-0.05, 0) is 12.8 Å². The maximum atomic E-state index is 11.7. The van der Waals surface area contributed by atoms with Gasteiger partial charge in [-0.1, -0.05) is 12.8 Å². The maximum absolute atomic E-state index is 11.7. The molecule has 0 aliphatic carbocycles. The van der Waals surface area contributed by atoms with Crippen LogP contribution in [0, 0.1) is 0 Å². The fourth-order valence-corrected chi connectivity index (χ4v) is 2.44. The van der Waals surface area contributed by atoms with Crippen LogP contribution in [0.25, 0.3) is 0 Å². The summed E-state index contributed by atoms with van der Waals surface area (Å²) in [4.78, 5) is 62.2. The Kier molecular flexibility index (Phi) is 12.4. The summed E-state index contributed by atoms with van der Waals surface area (Å²) in [5.41, 5.74) is 5.25. The molecule has 0 unspecified atom stereocenters. The van der Waals surface area contributed by atoms with Crippen LogP contribution in [-0.4, -0.2) is 67.6 Å². The number of carbonyl (C=O) groups excluding carboxylic acids is 5. The summed E-state index contributed by atoms with van der Waals surface area (Å²) < 4.78 is 10.1. The molecule has 1 aliphatic rings. The first-order valence-electron chi connectivity index (χ1n) is 9.69. The predicted octanol–water partition coefficient (Wildman–Crippen LogP) is -0.431. The molecule has 4 amide bonds. The molecule has 1 fully saturated rings. The van der Waals surface area contributed by atoms with E-state index in [4.69, 9.17) is 20.0 Å². The second kappa shape index (κ2) is 14.6. The molecule has 1 saturated heterocycles. The molecule has 0 spiro atoms. The van der Waals surface area contributed by atoms with Crippen molar-refractivity contribution < 1.29 is 38.3 Å². The topological polar surface area (TPSA) is 154 Å². The van der Waals surface area contributed by atoms with Crippen molar-refractivity contribution in [3.8, 4) is 0 Å². The van der Waals surface area contributed by atoms with Crippen molar-refractivity contribution in [1.82, 2.24) is 10.4 Å². The van der Waals surface area contributed by atoms with Gasteiger partial charge < -0.3 is 20.0 Å². The van der Waals surface area contributed by atoms with Gasteiger partial charge in [0.15, 0.2) is 0 Å². The maximum Gasteiger partial charge on any atom is 0.333 e. The first kappa shape index (κ1) is 24.7. The molecule has 0 aromatic carbocycles. The van der Waals surface area contributed by atoms with E-state index in [0.717, 1.165) is 0 Å². The number of rotatable bonds is 15. The van der Waals surface area contributed by atoms with Crippen molar-refractivity contribution in [3.63, 3.8) is 0 Å². The third-order valence-electron chi connectivity index (χ3n) is 3.88. The predicted molar refractivity (Wildman–Crippen MR) is 98.7 cm³/mol. The molecule has 3 N–H and O–H groups in total. The largest absolute Gasteiger partial charge is 0.378 e. The number of nitrogens with zero attached hydrogens (tertiary/aromatic N) is 1. The average molecular weight is 415 g/mol. The Balaban J connectivity index is 1.97. The number of hydroxylamine groups is 2. The van der Waals surface area contributed by atoms with Crippen molar-refractivity contribution >= 4 is 29.6 Å². The molecule has 164 valence electrons. The van der Waals surface area contributed by atoms with Gasteiger partial charge in [0.1, 0.15) is 6.61 Å². The molecule has 1 aliphatic heterocycles. The normalized spacial score (nSPS) is 13.6. The highest BCUT2D eigenvalue weighted by molar-refractivity contribution is 6.01. The van der Waals surface area contributed by atoms with E-state index in [1.165, 1.54) is 0 Å². The summed E-state index contributed by atoms with van der Waals surface area (Å²) in [6.45, 7) is 1.19. The second-order valence-corrected chi connectivity index (χ2v) is 6.38. The Hall–Kier alpha value is -2.37. The number of nitrogens with two attached hydrogens (primary N) is 1. The SMILES string of the molecule is NCCOCCOCC(=O)NC(=O)CCCCCCC(=O)ON1C(=O)CCC1=O. The fraction of sp³-hybridized carbons (Fsp3) is 0.722. The monoisotopic (exact) mass is 415 g/mol. The van der Waals surface area contributed by atoms with E-state index in [-0.39, 0.29) is 44.8 Å². The molecule has 0 aromatic rings. The number of imide groups is 2. The molecule has 1 rings (SSSR count). The van der Waals surface area contributed by atoms with Gasteiger partial charge in [0.25, 0.3) is 17.7 Å².